The molecule has 19 heavy (non-hydrogen) atoms. The monoisotopic (exact) mass is 261 g/mol. The molecular formula is C15H23N3O. The second kappa shape index (κ2) is 5.21. The maximum Gasteiger partial charge on any atom is 0.322 e. The molecule has 0 aliphatic carbocycles. The van der Waals surface area contributed by atoms with Crippen molar-refractivity contribution in [2.24, 2.45) is 0 Å². The molecule has 1 aliphatic heterocycles. The number of carbonyl (C=O) groups excluding carboxylic acids is 1. The normalized spacial score (nSPS) is 19.7. The summed E-state index contributed by atoms with van der Waals surface area (Å²) >= 11 is 0. The highest BCUT2D eigenvalue weighted by molar-refractivity contribution is 5.94. The molecule has 2 amide bonds. The molecule has 1 fully saturated rings. The van der Waals surface area contributed by atoms with Gasteiger partial charge in [0.2, 0.25) is 0 Å². The summed E-state index contributed by atoms with van der Waals surface area (Å²) in [6.07, 6.45) is 0. The molecule has 0 saturated carbocycles. The summed E-state index contributed by atoms with van der Waals surface area (Å²) in [7, 11) is 1.90. The zero-order valence-corrected chi connectivity index (χ0v) is 12.2. The maximum atomic E-state index is 11.9. The van der Waals surface area contributed by atoms with Crippen LogP contribution in [0.2, 0.25) is 0 Å². The Morgan fingerprint density at radius 3 is 2.47 bits per heavy atom. The number of benzene rings is 1. The molecule has 2 N–H and O–H groups in total. The Kier molecular flexibility index (Phi) is 3.80. The molecule has 0 spiro atoms. The predicted octanol–water partition coefficient (Wildman–Crippen LogP) is 2.10. The van der Waals surface area contributed by atoms with E-state index in [4.69, 9.17) is 0 Å². The van der Waals surface area contributed by atoms with E-state index in [1.807, 2.05) is 19.2 Å². The SMILES string of the molecule is CNCC1CN(c2ccc(C(C)(C)C)cc2)C(=O)N1. The molecule has 1 atom stereocenters. The van der Waals surface area contributed by atoms with Crippen molar-refractivity contribution in [3.05, 3.63) is 29.8 Å². The largest absolute Gasteiger partial charge is 0.332 e. The van der Waals surface area contributed by atoms with Crippen molar-refractivity contribution in [2.45, 2.75) is 32.2 Å². The molecular weight excluding hydrogens is 238 g/mol. The Morgan fingerprint density at radius 2 is 1.95 bits per heavy atom. The number of likely N-dealkylation sites (N-methyl/N-ethyl adjacent to an activating group) is 1. The first-order valence-corrected chi connectivity index (χ1v) is 6.75. The fraction of sp³-hybridized carbons (Fsp3) is 0.533. The zero-order valence-electron chi connectivity index (χ0n) is 12.2. The second-order valence-corrected chi connectivity index (χ2v) is 6.11. The van der Waals surface area contributed by atoms with Crippen molar-refractivity contribution < 1.29 is 4.79 Å². The minimum atomic E-state index is -0.0104. The summed E-state index contributed by atoms with van der Waals surface area (Å²) in [5.74, 6) is 0. The first-order valence-electron chi connectivity index (χ1n) is 6.75. The van der Waals surface area contributed by atoms with Crippen molar-refractivity contribution >= 4 is 11.7 Å². The number of nitrogens with zero attached hydrogens (tertiary/aromatic N) is 1. The van der Waals surface area contributed by atoms with Gasteiger partial charge in [-0.25, -0.2) is 4.79 Å². The topological polar surface area (TPSA) is 44.4 Å². The standard InChI is InChI=1S/C15H23N3O/c1-15(2,3)11-5-7-13(8-6-11)18-10-12(9-16-4)17-14(18)19/h5-8,12,16H,9-10H2,1-4H3,(H,17,19). The van der Waals surface area contributed by atoms with Crippen LogP contribution in [-0.2, 0) is 5.41 Å². The van der Waals surface area contributed by atoms with E-state index in [2.05, 4.69) is 43.5 Å². The Balaban J connectivity index is 2.13. The average Bonchev–Trinajstić information content (AvgIpc) is 2.70. The lowest BCUT2D eigenvalue weighted by molar-refractivity contribution is 0.251. The van der Waals surface area contributed by atoms with Gasteiger partial charge in [-0.3, -0.25) is 4.90 Å². The summed E-state index contributed by atoms with van der Waals surface area (Å²) in [6.45, 7) is 8.07. The van der Waals surface area contributed by atoms with Gasteiger partial charge in [-0.15, -0.1) is 0 Å². The molecule has 1 aliphatic rings. The van der Waals surface area contributed by atoms with E-state index in [-0.39, 0.29) is 17.5 Å². The summed E-state index contributed by atoms with van der Waals surface area (Å²) in [5, 5.41) is 6.06. The van der Waals surface area contributed by atoms with Crippen LogP contribution in [-0.4, -0.2) is 32.2 Å². The van der Waals surface area contributed by atoms with Crippen molar-refractivity contribution in [2.75, 3.05) is 25.0 Å². The molecule has 0 aromatic heterocycles. The Morgan fingerprint density at radius 1 is 1.32 bits per heavy atom. The third-order valence-electron chi connectivity index (χ3n) is 3.47. The number of nitrogens with one attached hydrogen (secondary N) is 2. The van der Waals surface area contributed by atoms with E-state index in [1.165, 1.54) is 5.56 Å². The van der Waals surface area contributed by atoms with Crippen LogP contribution in [0.3, 0.4) is 0 Å². The molecule has 1 heterocycles. The van der Waals surface area contributed by atoms with E-state index in [1.54, 1.807) is 4.90 Å². The van der Waals surface area contributed by atoms with Crippen molar-refractivity contribution in [3.63, 3.8) is 0 Å². The molecule has 1 saturated heterocycles. The Labute approximate surface area is 115 Å². The number of urea groups is 1. The lowest BCUT2D eigenvalue weighted by atomic mass is 9.87. The minimum absolute atomic E-state index is 0.0104. The summed E-state index contributed by atoms with van der Waals surface area (Å²) < 4.78 is 0. The van der Waals surface area contributed by atoms with E-state index in [0.717, 1.165) is 12.2 Å². The van der Waals surface area contributed by atoms with Crippen molar-refractivity contribution in [1.29, 1.82) is 0 Å². The first kappa shape index (κ1) is 13.9. The van der Waals surface area contributed by atoms with Gasteiger partial charge < -0.3 is 10.6 Å². The van der Waals surface area contributed by atoms with Gasteiger partial charge in [0.25, 0.3) is 0 Å². The van der Waals surface area contributed by atoms with Gasteiger partial charge in [0.1, 0.15) is 0 Å². The van der Waals surface area contributed by atoms with Crippen LogP contribution in [0.1, 0.15) is 26.3 Å². The van der Waals surface area contributed by atoms with Crippen LogP contribution in [0.15, 0.2) is 24.3 Å². The number of carbonyl (C=O) groups is 1. The van der Waals surface area contributed by atoms with E-state index in [9.17, 15) is 4.79 Å². The highest BCUT2D eigenvalue weighted by Crippen LogP contribution is 2.25. The first-order chi connectivity index (χ1) is 8.91. The summed E-state index contributed by atoms with van der Waals surface area (Å²) in [6, 6.07) is 8.44. The number of rotatable bonds is 3. The Hall–Kier alpha value is -1.55. The summed E-state index contributed by atoms with van der Waals surface area (Å²) in [5.41, 5.74) is 2.38. The molecule has 0 radical (unpaired) electrons. The molecule has 1 aromatic carbocycles. The smallest absolute Gasteiger partial charge is 0.322 e. The van der Waals surface area contributed by atoms with Gasteiger partial charge in [-0.2, -0.15) is 0 Å². The van der Waals surface area contributed by atoms with E-state index >= 15 is 0 Å². The van der Waals surface area contributed by atoms with E-state index < -0.39 is 0 Å². The molecule has 4 heteroatoms. The Bertz CT molecular complexity index is 447. The van der Waals surface area contributed by atoms with Crippen LogP contribution >= 0.6 is 0 Å². The zero-order chi connectivity index (χ0) is 14.0. The molecule has 2 rings (SSSR count). The lowest BCUT2D eigenvalue weighted by Gasteiger charge is -2.21. The van der Waals surface area contributed by atoms with Crippen LogP contribution in [0.4, 0.5) is 10.5 Å². The molecule has 0 bridgehead atoms. The highest BCUT2D eigenvalue weighted by atomic mass is 16.2. The predicted molar refractivity (Wildman–Crippen MR) is 78.7 cm³/mol. The van der Waals surface area contributed by atoms with Crippen LogP contribution in [0.5, 0.6) is 0 Å². The van der Waals surface area contributed by atoms with Gasteiger partial charge in [0, 0.05) is 18.8 Å². The highest BCUT2D eigenvalue weighted by Gasteiger charge is 2.29. The number of amides is 2. The van der Waals surface area contributed by atoms with Gasteiger partial charge in [0.15, 0.2) is 0 Å². The maximum absolute atomic E-state index is 11.9. The van der Waals surface area contributed by atoms with Gasteiger partial charge in [0.05, 0.1) is 6.04 Å². The third-order valence-corrected chi connectivity index (χ3v) is 3.47. The fourth-order valence-electron chi connectivity index (χ4n) is 2.33. The van der Waals surface area contributed by atoms with Gasteiger partial charge in [-0.1, -0.05) is 32.9 Å². The minimum Gasteiger partial charge on any atom is -0.332 e. The quantitative estimate of drug-likeness (QED) is 0.875. The van der Waals surface area contributed by atoms with Gasteiger partial charge in [-0.05, 0) is 30.2 Å². The second-order valence-electron chi connectivity index (χ2n) is 6.11. The number of hydrogen-bond acceptors (Lipinski definition) is 2. The number of hydrogen-bond donors (Lipinski definition) is 2. The average molecular weight is 261 g/mol. The van der Waals surface area contributed by atoms with E-state index in [0.29, 0.717) is 6.54 Å². The number of anilines is 1. The molecule has 1 aromatic rings. The van der Waals surface area contributed by atoms with Crippen LogP contribution < -0.4 is 15.5 Å². The molecule has 1 unspecified atom stereocenters. The van der Waals surface area contributed by atoms with Crippen LogP contribution in [0, 0.1) is 0 Å². The summed E-state index contributed by atoms with van der Waals surface area (Å²) in [4.78, 5) is 13.7. The molecule has 104 valence electrons. The van der Waals surface area contributed by atoms with Crippen LogP contribution in [0.25, 0.3) is 0 Å². The fourth-order valence-corrected chi connectivity index (χ4v) is 2.33. The van der Waals surface area contributed by atoms with Crippen molar-refractivity contribution in [1.82, 2.24) is 10.6 Å². The van der Waals surface area contributed by atoms with Crippen molar-refractivity contribution in [3.8, 4) is 0 Å². The lowest BCUT2D eigenvalue weighted by Crippen LogP contribution is -2.35. The molecule has 4 nitrogen and oxygen atoms in total. The van der Waals surface area contributed by atoms with Gasteiger partial charge >= 0.3 is 6.03 Å². The third kappa shape index (κ3) is 3.07.